The predicted octanol–water partition coefficient (Wildman–Crippen LogP) is 1.10. The maximum absolute atomic E-state index is 12.3. The Bertz CT molecular complexity index is 586. The van der Waals surface area contributed by atoms with Gasteiger partial charge < -0.3 is 14.6 Å². The van der Waals surface area contributed by atoms with Gasteiger partial charge in [0.15, 0.2) is 0 Å². The Morgan fingerprint density at radius 2 is 2.00 bits per heavy atom. The molecule has 2 rings (SSSR count). The second kappa shape index (κ2) is 6.56. The van der Waals surface area contributed by atoms with E-state index in [2.05, 4.69) is 4.98 Å². The first-order valence-corrected chi connectivity index (χ1v) is 7.18. The molecule has 114 valence electrons. The number of aromatic amines is 1. The van der Waals surface area contributed by atoms with Gasteiger partial charge in [0.25, 0.3) is 11.5 Å². The van der Waals surface area contributed by atoms with Crippen molar-refractivity contribution in [2.45, 2.75) is 26.7 Å². The summed E-state index contributed by atoms with van der Waals surface area (Å²) >= 11 is 0. The Morgan fingerprint density at radius 3 is 2.57 bits per heavy atom. The number of amides is 1. The normalized spacial score (nSPS) is 15.8. The maximum Gasteiger partial charge on any atom is 0.309 e. The Morgan fingerprint density at radius 1 is 1.33 bits per heavy atom. The zero-order chi connectivity index (χ0) is 15.4. The van der Waals surface area contributed by atoms with Crippen LogP contribution >= 0.6 is 0 Å². The van der Waals surface area contributed by atoms with Gasteiger partial charge in [-0.3, -0.25) is 14.4 Å². The lowest BCUT2D eigenvalue weighted by atomic mass is 9.96. The molecule has 1 amide bonds. The van der Waals surface area contributed by atoms with E-state index in [1.54, 1.807) is 30.9 Å². The standard InChI is InChI=1S/C15H20N2O4/c1-3-21-15(20)11-6-8-17(9-7-11)14(19)12-5-4-10(2)16-13(12)18/h4-5,11H,3,6-9H2,1-2H3,(H,16,18). The molecule has 1 aromatic heterocycles. The molecule has 2 heterocycles. The van der Waals surface area contributed by atoms with Gasteiger partial charge >= 0.3 is 5.97 Å². The van der Waals surface area contributed by atoms with Crippen LogP contribution in [-0.4, -0.2) is 41.5 Å². The highest BCUT2D eigenvalue weighted by Gasteiger charge is 2.29. The molecule has 1 aromatic rings. The molecule has 21 heavy (non-hydrogen) atoms. The Kier molecular flexibility index (Phi) is 4.77. The van der Waals surface area contributed by atoms with Crippen LogP contribution < -0.4 is 5.56 Å². The van der Waals surface area contributed by atoms with Gasteiger partial charge in [0, 0.05) is 18.8 Å². The lowest BCUT2D eigenvalue weighted by molar-refractivity contribution is -0.149. The first-order chi connectivity index (χ1) is 10.0. The van der Waals surface area contributed by atoms with Gasteiger partial charge in [-0.2, -0.15) is 0 Å². The molecule has 0 atom stereocenters. The number of pyridine rings is 1. The van der Waals surface area contributed by atoms with Crippen molar-refractivity contribution in [1.82, 2.24) is 9.88 Å². The minimum Gasteiger partial charge on any atom is -0.466 e. The summed E-state index contributed by atoms with van der Waals surface area (Å²) in [5, 5.41) is 0. The number of esters is 1. The van der Waals surface area contributed by atoms with Gasteiger partial charge in [0.1, 0.15) is 5.56 Å². The first kappa shape index (κ1) is 15.3. The number of hydrogen-bond donors (Lipinski definition) is 1. The van der Waals surface area contributed by atoms with Crippen molar-refractivity contribution in [2.75, 3.05) is 19.7 Å². The fraction of sp³-hybridized carbons (Fsp3) is 0.533. The average Bonchev–Trinajstić information content (AvgIpc) is 2.47. The summed E-state index contributed by atoms with van der Waals surface area (Å²) in [7, 11) is 0. The van der Waals surface area contributed by atoms with E-state index in [1.807, 2.05) is 0 Å². The van der Waals surface area contributed by atoms with Crippen molar-refractivity contribution in [2.24, 2.45) is 5.92 Å². The van der Waals surface area contributed by atoms with Crippen LogP contribution in [0.5, 0.6) is 0 Å². The van der Waals surface area contributed by atoms with Gasteiger partial charge in [0.05, 0.1) is 12.5 Å². The van der Waals surface area contributed by atoms with Gasteiger partial charge in [-0.1, -0.05) is 0 Å². The number of hydrogen-bond acceptors (Lipinski definition) is 4. The second-order valence-corrected chi connectivity index (χ2v) is 5.20. The zero-order valence-corrected chi connectivity index (χ0v) is 12.3. The number of H-pyrrole nitrogens is 1. The number of ether oxygens (including phenoxy) is 1. The van der Waals surface area contributed by atoms with Crippen LogP contribution in [0.15, 0.2) is 16.9 Å². The van der Waals surface area contributed by atoms with Crippen molar-refractivity contribution in [3.63, 3.8) is 0 Å². The summed E-state index contributed by atoms with van der Waals surface area (Å²) in [5.74, 6) is -0.623. The van der Waals surface area contributed by atoms with Crippen molar-refractivity contribution in [1.29, 1.82) is 0 Å². The molecule has 1 saturated heterocycles. The summed E-state index contributed by atoms with van der Waals surface area (Å²) in [6.45, 7) is 4.85. The number of likely N-dealkylation sites (tertiary alicyclic amines) is 1. The number of aryl methyl sites for hydroxylation is 1. The summed E-state index contributed by atoms with van der Waals surface area (Å²) in [4.78, 5) is 40.0. The van der Waals surface area contributed by atoms with Gasteiger partial charge in [-0.15, -0.1) is 0 Å². The summed E-state index contributed by atoms with van der Waals surface area (Å²) in [5.41, 5.74) is 0.500. The lowest BCUT2D eigenvalue weighted by Crippen LogP contribution is -2.42. The molecule has 0 spiro atoms. The number of carbonyl (C=O) groups excluding carboxylic acids is 2. The zero-order valence-electron chi connectivity index (χ0n) is 12.3. The van der Waals surface area contributed by atoms with E-state index >= 15 is 0 Å². The highest BCUT2D eigenvalue weighted by Crippen LogP contribution is 2.19. The van der Waals surface area contributed by atoms with Gasteiger partial charge in [0.2, 0.25) is 0 Å². The average molecular weight is 292 g/mol. The molecular formula is C15H20N2O4. The number of carbonyl (C=O) groups is 2. The van der Waals surface area contributed by atoms with Crippen molar-refractivity contribution in [3.05, 3.63) is 33.7 Å². The van der Waals surface area contributed by atoms with Crippen LogP contribution in [-0.2, 0) is 9.53 Å². The largest absolute Gasteiger partial charge is 0.466 e. The van der Waals surface area contributed by atoms with Crippen LogP contribution in [0.2, 0.25) is 0 Å². The SMILES string of the molecule is CCOC(=O)C1CCN(C(=O)c2ccc(C)[nH]c2=O)CC1. The minimum atomic E-state index is -0.368. The third-order valence-corrected chi connectivity index (χ3v) is 3.69. The van der Waals surface area contributed by atoms with Crippen molar-refractivity contribution in [3.8, 4) is 0 Å². The van der Waals surface area contributed by atoms with Crippen LogP contribution in [0, 0.1) is 12.8 Å². The molecule has 1 fully saturated rings. The molecule has 0 aliphatic carbocycles. The Hall–Kier alpha value is -2.11. The third-order valence-electron chi connectivity index (χ3n) is 3.69. The highest BCUT2D eigenvalue weighted by atomic mass is 16.5. The molecular weight excluding hydrogens is 272 g/mol. The van der Waals surface area contributed by atoms with E-state index in [4.69, 9.17) is 4.74 Å². The molecule has 0 radical (unpaired) electrons. The smallest absolute Gasteiger partial charge is 0.309 e. The van der Waals surface area contributed by atoms with Crippen LogP contribution in [0.4, 0.5) is 0 Å². The van der Waals surface area contributed by atoms with Gasteiger partial charge in [-0.05, 0) is 38.8 Å². The van der Waals surface area contributed by atoms with E-state index in [0.29, 0.717) is 32.5 Å². The quantitative estimate of drug-likeness (QED) is 0.846. The summed E-state index contributed by atoms with van der Waals surface area (Å²) < 4.78 is 5.00. The topological polar surface area (TPSA) is 79.5 Å². The number of rotatable bonds is 3. The maximum atomic E-state index is 12.3. The summed E-state index contributed by atoms with van der Waals surface area (Å²) in [6, 6.07) is 3.26. The first-order valence-electron chi connectivity index (χ1n) is 7.18. The van der Waals surface area contributed by atoms with E-state index in [1.165, 1.54) is 0 Å². The molecule has 0 unspecified atom stereocenters. The summed E-state index contributed by atoms with van der Waals surface area (Å²) in [6.07, 6.45) is 1.16. The number of nitrogens with one attached hydrogen (secondary N) is 1. The van der Waals surface area contributed by atoms with Crippen molar-refractivity contribution >= 4 is 11.9 Å². The van der Waals surface area contributed by atoms with E-state index < -0.39 is 0 Å². The highest BCUT2D eigenvalue weighted by molar-refractivity contribution is 5.94. The Balaban J connectivity index is 2.00. The molecule has 0 aromatic carbocycles. The lowest BCUT2D eigenvalue weighted by Gasteiger charge is -2.30. The van der Waals surface area contributed by atoms with E-state index in [0.717, 1.165) is 5.69 Å². The molecule has 6 heteroatoms. The minimum absolute atomic E-state index is 0.148. The third kappa shape index (κ3) is 3.51. The van der Waals surface area contributed by atoms with Crippen LogP contribution in [0.1, 0.15) is 35.8 Å². The molecule has 0 bridgehead atoms. The van der Waals surface area contributed by atoms with Crippen molar-refractivity contribution < 1.29 is 14.3 Å². The van der Waals surface area contributed by atoms with E-state index in [9.17, 15) is 14.4 Å². The Labute approximate surface area is 123 Å². The predicted molar refractivity (Wildman–Crippen MR) is 77.1 cm³/mol. The number of piperidine rings is 1. The second-order valence-electron chi connectivity index (χ2n) is 5.20. The molecule has 0 saturated carbocycles. The van der Waals surface area contributed by atoms with Gasteiger partial charge in [-0.25, -0.2) is 0 Å². The monoisotopic (exact) mass is 292 g/mol. The fourth-order valence-electron chi connectivity index (χ4n) is 2.49. The molecule has 6 nitrogen and oxygen atoms in total. The number of nitrogens with zero attached hydrogens (tertiary/aromatic N) is 1. The molecule has 1 aliphatic rings. The van der Waals surface area contributed by atoms with Crippen LogP contribution in [0.3, 0.4) is 0 Å². The molecule has 1 N–H and O–H groups in total. The molecule has 1 aliphatic heterocycles. The van der Waals surface area contributed by atoms with Crippen LogP contribution in [0.25, 0.3) is 0 Å². The van der Waals surface area contributed by atoms with E-state index in [-0.39, 0.29) is 28.9 Å². The number of aromatic nitrogens is 1. The fourth-order valence-corrected chi connectivity index (χ4v) is 2.49.